The van der Waals surface area contributed by atoms with Crippen LogP contribution in [-0.4, -0.2) is 82.0 Å². The predicted molar refractivity (Wildman–Crippen MR) is 78.7 cm³/mol. The largest absolute Gasteiger partial charge is 0.347 e. The monoisotopic (exact) mass is 307 g/mol. The minimum absolute atomic E-state index is 0.108. The molecule has 1 saturated heterocycles. The van der Waals surface area contributed by atoms with E-state index in [0.29, 0.717) is 13.1 Å². The fourth-order valence-corrected chi connectivity index (χ4v) is 2.53. The third kappa shape index (κ3) is 3.44. The molecule has 22 heavy (non-hydrogen) atoms. The number of hydrogen-bond donors (Lipinski definition) is 0. The molecule has 0 aromatic carbocycles. The Labute approximate surface area is 129 Å². The van der Waals surface area contributed by atoms with Crippen molar-refractivity contribution in [2.75, 3.05) is 33.7 Å². The summed E-state index contributed by atoms with van der Waals surface area (Å²) in [6, 6.07) is 1.13. The zero-order chi connectivity index (χ0) is 16.3. The number of carbonyl (C=O) groups is 3. The number of nitrogens with zero attached hydrogens (tertiary/aromatic N) is 5. The quantitative estimate of drug-likeness (QED) is 0.720. The molecule has 1 atom stereocenters. The average molecular weight is 307 g/mol. The van der Waals surface area contributed by atoms with Crippen molar-refractivity contribution in [2.24, 2.45) is 0 Å². The molecule has 1 aromatic rings. The van der Waals surface area contributed by atoms with Gasteiger partial charge in [0.05, 0.1) is 6.54 Å². The van der Waals surface area contributed by atoms with Gasteiger partial charge in [0.15, 0.2) is 0 Å². The van der Waals surface area contributed by atoms with Gasteiger partial charge in [0, 0.05) is 46.5 Å². The number of carbonyl (C=O) groups excluding carboxylic acids is 3. The van der Waals surface area contributed by atoms with Crippen LogP contribution < -0.4 is 0 Å². The average Bonchev–Trinajstić information content (AvgIpc) is 2.98. The van der Waals surface area contributed by atoms with E-state index in [1.807, 2.05) is 0 Å². The van der Waals surface area contributed by atoms with E-state index in [2.05, 4.69) is 5.10 Å². The van der Waals surface area contributed by atoms with Crippen molar-refractivity contribution in [1.82, 2.24) is 24.5 Å². The van der Waals surface area contributed by atoms with Crippen LogP contribution in [0.3, 0.4) is 0 Å². The lowest BCUT2D eigenvalue weighted by Crippen LogP contribution is -2.61. The second kappa shape index (κ2) is 6.59. The Hall–Kier alpha value is -2.38. The van der Waals surface area contributed by atoms with Crippen LogP contribution in [0.15, 0.2) is 18.5 Å². The summed E-state index contributed by atoms with van der Waals surface area (Å²) in [6.45, 7) is 2.59. The molecule has 0 bridgehead atoms. The number of aromatic nitrogens is 2. The molecular formula is C14H21N5O3. The van der Waals surface area contributed by atoms with Crippen LogP contribution in [0.25, 0.3) is 0 Å². The first-order valence-corrected chi connectivity index (χ1v) is 7.13. The molecule has 2 rings (SSSR count). The summed E-state index contributed by atoms with van der Waals surface area (Å²) in [6.07, 6.45) is 3.32. The Morgan fingerprint density at radius 1 is 1.27 bits per heavy atom. The lowest BCUT2D eigenvalue weighted by atomic mass is 10.1. The molecule has 8 heteroatoms. The summed E-state index contributed by atoms with van der Waals surface area (Å²) in [7, 11) is 3.29. The first-order valence-electron chi connectivity index (χ1n) is 7.13. The molecule has 1 aromatic heterocycles. The molecule has 0 radical (unpaired) electrons. The van der Waals surface area contributed by atoms with Crippen molar-refractivity contribution in [3.8, 4) is 0 Å². The summed E-state index contributed by atoms with van der Waals surface area (Å²) in [5, 5.41) is 4.01. The van der Waals surface area contributed by atoms with Crippen LogP contribution in [0, 0.1) is 0 Å². The number of rotatable bonds is 3. The molecule has 0 aliphatic carbocycles. The van der Waals surface area contributed by atoms with Crippen LogP contribution >= 0.6 is 0 Å². The van der Waals surface area contributed by atoms with Gasteiger partial charge < -0.3 is 14.7 Å². The molecule has 8 nitrogen and oxygen atoms in total. The Morgan fingerprint density at radius 3 is 2.55 bits per heavy atom. The van der Waals surface area contributed by atoms with Gasteiger partial charge in [-0.1, -0.05) is 0 Å². The maximum absolute atomic E-state index is 12.3. The van der Waals surface area contributed by atoms with Gasteiger partial charge in [0.25, 0.3) is 0 Å². The van der Waals surface area contributed by atoms with E-state index >= 15 is 0 Å². The molecule has 1 fully saturated rings. The second-order valence-corrected chi connectivity index (χ2v) is 5.50. The van der Waals surface area contributed by atoms with Crippen molar-refractivity contribution in [3.05, 3.63) is 18.5 Å². The third-order valence-electron chi connectivity index (χ3n) is 3.72. The highest BCUT2D eigenvalue weighted by Gasteiger charge is 2.36. The molecular weight excluding hydrogens is 286 g/mol. The van der Waals surface area contributed by atoms with Gasteiger partial charge in [0.1, 0.15) is 12.6 Å². The standard InChI is InChI=1S/C14H21N5O3/c1-11(20)19-8-7-17(9-12(19)14(22)16(2)3)13(21)10-18-6-4-5-15-18/h4-6,12H,7-10H2,1-3H3/t12-/m0/s1. The Kier molecular flexibility index (Phi) is 4.79. The lowest BCUT2D eigenvalue weighted by Gasteiger charge is -2.41. The number of likely N-dealkylation sites (N-methyl/N-ethyl adjacent to an activating group) is 1. The maximum atomic E-state index is 12.3. The topological polar surface area (TPSA) is 78.8 Å². The lowest BCUT2D eigenvalue weighted by molar-refractivity contribution is -0.150. The fraction of sp³-hybridized carbons (Fsp3) is 0.571. The molecule has 1 aliphatic rings. The minimum atomic E-state index is -0.622. The van der Waals surface area contributed by atoms with E-state index in [-0.39, 0.29) is 30.8 Å². The van der Waals surface area contributed by atoms with Gasteiger partial charge in [0.2, 0.25) is 17.7 Å². The molecule has 0 spiro atoms. The van der Waals surface area contributed by atoms with Crippen LogP contribution in [0.5, 0.6) is 0 Å². The normalized spacial score (nSPS) is 18.2. The molecule has 2 heterocycles. The zero-order valence-corrected chi connectivity index (χ0v) is 13.1. The van der Waals surface area contributed by atoms with E-state index in [0.717, 1.165) is 0 Å². The number of hydrogen-bond acceptors (Lipinski definition) is 4. The van der Waals surface area contributed by atoms with Gasteiger partial charge in [-0.25, -0.2) is 0 Å². The van der Waals surface area contributed by atoms with Gasteiger partial charge in [-0.2, -0.15) is 5.10 Å². The summed E-state index contributed by atoms with van der Waals surface area (Å²) in [4.78, 5) is 40.9. The van der Waals surface area contributed by atoms with Crippen molar-refractivity contribution in [3.63, 3.8) is 0 Å². The van der Waals surface area contributed by atoms with Crippen molar-refractivity contribution in [2.45, 2.75) is 19.5 Å². The third-order valence-corrected chi connectivity index (χ3v) is 3.72. The fourth-order valence-electron chi connectivity index (χ4n) is 2.53. The van der Waals surface area contributed by atoms with E-state index in [1.54, 1.807) is 42.1 Å². The van der Waals surface area contributed by atoms with Crippen molar-refractivity contribution < 1.29 is 14.4 Å². The summed E-state index contributed by atoms with van der Waals surface area (Å²) < 4.78 is 1.54. The van der Waals surface area contributed by atoms with Gasteiger partial charge in [-0.05, 0) is 6.07 Å². The SMILES string of the molecule is CC(=O)N1CCN(C(=O)Cn2cccn2)C[C@H]1C(=O)N(C)C. The summed E-state index contributed by atoms with van der Waals surface area (Å²) in [5.41, 5.74) is 0. The van der Waals surface area contributed by atoms with Crippen molar-refractivity contribution in [1.29, 1.82) is 0 Å². The van der Waals surface area contributed by atoms with E-state index < -0.39 is 6.04 Å². The summed E-state index contributed by atoms with van der Waals surface area (Å²) >= 11 is 0. The molecule has 0 saturated carbocycles. The van der Waals surface area contributed by atoms with Crippen LogP contribution in [-0.2, 0) is 20.9 Å². The Morgan fingerprint density at radius 2 is 2.00 bits per heavy atom. The highest BCUT2D eigenvalue weighted by atomic mass is 16.2. The maximum Gasteiger partial charge on any atom is 0.246 e. The van der Waals surface area contributed by atoms with E-state index in [4.69, 9.17) is 0 Å². The van der Waals surface area contributed by atoms with Crippen LogP contribution in [0.1, 0.15) is 6.92 Å². The number of piperazine rings is 1. The predicted octanol–water partition coefficient (Wildman–Crippen LogP) is -0.969. The van der Waals surface area contributed by atoms with Crippen LogP contribution in [0.2, 0.25) is 0 Å². The first kappa shape index (κ1) is 16.0. The molecule has 3 amide bonds. The van der Waals surface area contributed by atoms with Gasteiger partial charge >= 0.3 is 0 Å². The molecule has 0 unspecified atom stereocenters. The minimum Gasteiger partial charge on any atom is -0.347 e. The Balaban J connectivity index is 2.08. The highest BCUT2D eigenvalue weighted by Crippen LogP contribution is 2.13. The van der Waals surface area contributed by atoms with Crippen molar-refractivity contribution >= 4 is 17.7 Å². The highest BCUT2D eigenvalue weighted by molar-refractivity contribution is 5.88. The van der Waals surface area contributed by atoms with Crippen LogP contribution in [0.4, 0.5) is 0 Å². The van der Waals surface area contributed by atoms with E-state index in [9.17, 15) is 14.4 Å². The Bertz CT molecular complexity index is 555. The molecule has 1 aliphatic heterocycles. The molecule has 120 valence electrons. The molecule has 0 N–H and O–H groups in total. The zero-order valence-electron chi connectivity index (χ0n) is 13.1. The van der Waals surface area contributed by atoms with E-state index in [1.165, 1.54) is 16.7 Å². The van der Waals surface area contributed by atoms with Gasteiger partial charge in [-0.15, -0.1) is 0 Å². The van der Waals surface area contributed by atoms with Gasteiger partial charge in [-0.3, -0.25) is 19.1 Å². The summed E-state index contributed by atoms with van der Waals surface area (Å²) in [5.74, 6) is -0.436. The second-order valence-electron chi connectivity index (χ2n) is 5.50. The first-order chi connectivity index (χ1) is 10.4. The smallest absolute Gasteiger partial charge is 0.246 e. The number of amides is 3.